The predicted molar refractivity (Wildman–Crippen MR) is 78.8 cm³/mol. The van der Waals surface area contributed by atoms with Crippen molar-refractivity contribution in [1.82, 2.24) is 14.8 Å². The normalized spacial score (nSPS) is 29.9. The molecular formula is C15H19N3OS. The first-order valence-corrected chi connectivity index (χ1v) is 7.85. The summed E-state index contributed by atoms with van der Waals surface area (Å²) in [5.74, 6) is 4.16. The second-order valence-corrected chi connectivity index (χ2v) is 6.67. The Balaban J connectivity index is 1.71. The summed E-state index contributed by atoms with van der Waals surface area (Å²) in [5.41, 5.74) is 0. The summed E-state index contributed by atoms with van der Waals surface area (Å²) < 4.78 is 8.35. The molecule has 2 aromatic heterocycles. The van der Waals surface area contributed by atoms with Gasteiger partial charge in [-0.05, 0) is 68.3 Å². The lowest BCUT2D eigenvalue weighted by Gasteiger charge is -2.29. The smallest absolute Gasteiger partial charge is 0.198 e. The topological polar surface area (TPSA) is 46.8 Å². The Kier molecular flexibility index (Phi) is 2.84. The number of furan rings is 1. The van der Waals surface area contributed by atoms with E-state index in [1.54, 1.807) is 6.26 Å². The highest BCUT2D eigenvalue weighted by Crippen LogP contribution is 2.52. The van der Waals surface area contributed by atoms with Crippen molar-refractivity contribution in [1.29, 1.82) is 0 Å². The third-order valence-electron chi connectivity index (χ3n) is 5.27. The van der Waals surface area contributed by atoms with Gasteiger partial charge in [0.05, 0.1) is 6.26 Å². The molecule has 2 heterocycles. The molecule has 0 unspecified atom stereocenters. The number of rotatable bonds is 3. The predicted octanol–water partition coefficient (Wildman–Crippen LogP) is 4.20. The van der Waals surface area contributed by atoms with Crippen molar-refractivity contribution in [2.45, 2.75) is 38.6 Å². The van der Waals surface area contributed by atoms with Gasteiger partial charge < -0.3 is 4.42 Å². The Bertz CT molecular complexity index is 657. The summed E-state index contributed by atoms with van der Waals surface area (Å²) in [6.07, 6.45) is 7.25. The summed E-state index contributed by atoms with van der Waals surface area (Å²) >= 11 is 5.45. The van der Waals surface area contributed by atoms with Crippen LogP contribution in [0.3, 0.4) is 0 Å². The van der Waals surface area contributed by atoms with Crippen LogP contribution in [0.1, 0.15) is 38.6 Å². The van der Waals surface area contributed by atoms with E-state index in [0.717, 1.165) is 29.3 Å². The molecule has 0 aromatic carbocycles. The Morgan fingerprint density at radius 2 is 2.35 bits per heavy atom. The summed E-state index contributed by atoms with van der Waals surface area (Å²) in [4.78, 5) is 0. The van der Waals surface area contributed by atoms with Crippen LogP contribution in [-0.4, -0.2) is 14.8 Å². The lowest BCUT2D eigenvalue weighted by atomic mass is 9.84. The van der Waals surface area contributed by atoms with E-state index in [9.17, 15) is 0 Å². The van der Waals surface area contributed by atoms with Gasteiger partial charge in [0, 0.05) is 6.04 Å². The van der Waals surface area contributed by atoms with Crippen LogP contribution in [-0.2, 0) is 0 Å². The van der Waals surface area contributed by atoms with Crippen LogP contribution in [0.4, 0.5) is 0 Å². The molecule has 2 aliphatic carbocycles. The van der Waals surface area contributed by atoms with Crippen LogP contribution in [0, 0.1) is 22.5 Å². The minimum Gasteiger partial charge on any atom is -0.461 e. The van der Waals surface area contributed by atoms with Gasteiger partial charge >= 0.3 is 0 Å². The number of nitrogens with zero attached hydrogens (tertiary/aromatic N) is 2. The third kappa shape index (κ3) is 1.79. The molecule has 0 aliphatic heterocycles. The van der Waals surface area contributed by atoms with Crippen molar-refractivity contribution >= 4 is 12.2 Å². The molecule has 0 amide bonds. The maximum Gasteiger partial charge on any atom is 0.198 e. The maximum absolute atomic E-state index is 5.50. The van der Waals surface area contributed by atoms with E-state index in [4.69, 9.17) is 16.6 Å². The molecule has 2 saturated carbocycles. The number of aromatic amines is 1. The van der Waals surface area contributed by atoms with E-state index in [0.29, 0.717) is 10.8 Å². The Morgan fingerprint density at radius 3 is 3.00 bits per heavy atom. The minimum atomic E-state index is 0.386. The number of nitrogens with one attached hydrogen (secondary N) is 1. The molecule has 106 valence electrons. The Labute approximate surface area is 123 Å². The molecule has 0 saturated heterocycles. The molecule has 2 bridgehead atoms. The van der Waals surface area contributed by atoms with Crippen molar-refractivity contribution in [3.05, 3.63) is 23.2 Å². The number of hydrogen-bond acceptors (Lipinski definition) is 3. The molecule has 20 heavy (non-hydrogen) atoms. The van der Waals surface area contributed by atoms with Crippen LogP contribution in [0.2, 0.25) is 0 Å². The van der Waals surface area contributed by atoms with Crippen molar-refractivity contribution < 1.29 is 4.42 Å². The fourth-order valence-corrected chi connectivity index (χ4v) is 4.64. The average Bonchev–Trinajstić information content (AvgIpc) is 3.21. The minimum absolute atomic E-state index is 0.386. The zero-order valence-corrected chi connectivity index (χ0v) is 12.4. The fourth-order valence-electron chi connectivity index (χ4n) is 4.34. The average molecular weight is 289 g/mol. The number of aromatic nitrogens is 3. The Hall–Kier alpha value is -1.36. The van der Waals surface area contributed by atoms with Gasteiger partial charge in [0.15, 0.2) is 16.4 Å². The molecule has 5 heteroatoms. The van der Waals surface area contributed by atoms with Crippen molar-refractivity contribution in [3.8, 4) is 11.6 Å². The first kappa shape index (κ1) is 12.4. The highest BCUT2D eigenvalue weighted by molar-refractivity contribution is 7.71. The van der Waals surface area contributed by atoms with Gasteiger partial charge in [-0.1, -0.05) is 6.42 Å². The van der Waals surface area contributed by atoms with Gasteiger partial charge in [-0.3, -0.25) is 9.67 Å². The van der Waals surface area contributed by atoms with Crippen molar-refractivity contribution in [2.75, 3.05) is 0 Å². The maximum atomic E-state index is 5.50. The van der Waals surface area contributed by atoms with Gasteiger partial charge in [0.25, 0.3) is 0 Å². The molecule has 4 atom stereocenters. The van der Waals surface area contributed by atoms with Gasteiger partial charge in [0.2, 0.25) is 0 Å². The molecule has 0 spiro atoms. The van der Waals surface area contributed by atoms with Gasteiger partial charge in [0.1, 0.15) is 0 Å². The van der Waals surface area contributed by atoms with Crippen LogP contribution in [0.15, 0.2) is 22.8 Å². The molecule has 4 nitrogen and oxygen atoms in total. The van der Waals surface area contributed by atoms with Gasteiger partial charge in [-0.2, -0.15) is 5.10 Å². The van der Waals surface area contributed by atoms with E-state index >= 15 is 0 Å². The third-order valence-corrected chi connectivity index (χ3v) is 5.55. The molecule has 1 N–H and O–H groups in total. The molecule has 2 aliphatic rings. The van der Waals surface area contributed by atoms with E-state index in [-0.39, 0.29) is 0 Å². The lowest BCUT2D eigenvalue weighted by Crippen LogP contribution is -2.22. The highest BCUT2D eigenvalue weighted by Gasteiger charge is 2.42. The standard InChI is InChI=1S/C15H19N3OS/c1-9(12-8-10-4-5-11(12)7-10)18-14(16-17-15(18)20)13-3-2-6-19-13/h2-3,6,9-12H,4-5,7-8H2,1H3,(H,17,20)/t9-,10-,11-,12-/m1/s1. The largest absolute Gasteiger partial charge is 0.461 e. The first-order chi connectivity index (χ1) is 9.74. The summed E-state index contributed by atoms with van der Waals surface area (Å²) in [5, 5.41) is 7.29. The summed E-state index contributed by atoms with van der Waals surface area (Å²) in [7, 11) is 0. The monoisotopic (exact) mass is 289 g/mol. The molecule has 4 rings (SSSR count). The summed E-state index contributed by atoms with van der Waals surface area (Å²) in [6, 6.07) is 4.21. The second-order valence-electron chi connectivity index (χ2n) is 6.28. The molecule has 2 fully saturated rings. The van der Waals surface area contributed by atoms with Crippen LogP contribution in [0.5, 0.6) is 0 Å². The van der Waals surface area contributed by atoms with Gasteiger partial charge in [-0.15, -0.1) is 0 Å². The Morgan fingerprint density at radius 1 is 1.45 bits per heavy atom. The van der Waals surface area contributed by atoms with Crippen molar-refractivity contribution in [2.24, 2.45) is 17.8 Å². The van der Waals surface area contributed by atoms with E-state index in [1.807, 2.05) is 12.1 Å². The molecule has 2 aromatic rings. The quantitative estimate of drug-likeness (QED) is 0.861. The highest BCUT2D eigenvalue weighted by atomic mass is 32.1. The van der Waals surface area contributed by atoms with Crippen LogP contribution < -0.4 is 0 Å². The zero-order chi connectivity index (χ0) is 13.7. The summed E-state index contributed by atoms with van der Waals surface area (Å²) in [6.45, 7) is 2.28. The molecular weight excluding hydrogens is 270 g/mol. The van der Waals surface area contributed by atoms with E-state index < -0.39 is 0 Å². The number of H-pyrrole nitrogens is 1. The number of fused-ring (bicyclic) bond motifs is 2. The fraction of sp³-hybridized carbons (Fsp3) is 0.600. The van der Waals surface area contributed by atoms with E-state index in [2.05, 4.69) is 21.7 Å². The SMILES string of the molecule is C[C@H]([C@H]1C[C@@H]2CC[C@@H]1C2)n1c(-c2ccco2)n[nH]c1=S. The lowest BCUT2D eigenvalue weighted by molar-refractivity contribution is 0.242. The van der Waals surface area contributed by atoms with Crippen molar-refractivity contribution in [3.63, 3.8) is 0 Å². The van der Waals surface area contributed by atoms with Crippen LogP contribution >= 0.6 is 12.2 Å². The molecule has 0 radical (unpaired) electrons. The van der Waals surface area contributed by atoms with Crippen LogP contribution in [0.25, 0.3) is 11.6 Å². The first-order valence-electron chi connectivity index (χ1n) is 7.45. The van der Waals surface area contributed by atoms with E-state index in [1.165, 1.54) is 25.7 Å². The zero-order valence-electron chi connectivity index (χ0n) is 11.6. The van der Waals surface area contributed by atoms with Gasteiger partial charge in [-0.25, -0.2) is 0 Å². The second kappa shape index (κ2) is 4.58. The number of hydrogen-bond donors (Lipinski definition) is 1.